The summed E-state index contributed by atoms with van der Waals surface area (Å²) in [7, 11) is 0. The molecule has 262 valence electrons. The minimum absolute atomic E-state index is 0.146. The van der Waals surface area contributed by atoms with Crippen molar-refractivity contribution in [2.45, 2.75) is 97.3 Å². The number of hydrogen-bond acceptors (Lipinski definition) is 9. The zero-order valence-electron chi connectivity index (χ0n) is 28.6. The smallest absolute Gasteiger partial charge is 0.305 e. The molecular formula is C36H64O9. The molecule has 45 heavy (non-hydrogen) atoms. The van der Waals surface area contributed by atoms with Gasteiger partial charge in [-0.2, -0.15) is 0 Å². The molecular weight excluding hydrogens is 576 g/mol. The molecule has 0 aliphatic rings. The van der Waals surface area contributed by atoms with Gasteiger partial charge in [0, 0.05) is 6.42 Å². The Hall–Kier alpha value is -1.75. The van der Waals surface area contributed by atoms with Crippen LogP contribution in [0.1, 0.15) is 96.5 Å². The molecule has 0 aliphatic carbocycles. The number of carbonyl (C=O) groups is 1. The molecule has 0 atom stereocenters. The van der Waals surface area contributed by atoms with Crippen LogP contribution in [0.5, 0.6) is 5.75 Å². The zero-order chi connectivity index (χ0) is 32.3. The molecule has 1 aromatic carbocycles. The van der Waals surface area contributed by atoms with Crippen molar-refractivity contribution in [2.24, 2.45) is 0 Å². The average Bonchev–Trinajstić information content (AvgIpc) is 3.05. The third kappa shape index (κ3) is 29.4. The van der Waals surface area contributed by atoms with Crippen LogP contribution in [0.2, 0.25) is 0 Å². The minimum atomic E-state index is -0.146. The summed E-state index contributed by atoms with van der Waals surface area (Å²) in [6.07, 6.45) is 15.3. The van der Waals surface area contributed by atoms with Gasteiger partial charge in [0.05, 0.1) is 79.3 Å². The van der Waals surface area contributed by atoms with Crippen molar-refractivity contribution in [3.8, 4) is 5.75 Å². The molecule has 0 radical (unpaired) electrons. The molecule has 9 nitrogen and oxygen atoms in total. The number of esters is 1. The number of ether oxygens (including phenoxy) is 8. The summed E-state index contributed by atoms with van der Waals surface area (Å²) in [6.45, 7) is 11.2. The molecule has 1 rings (SSSR count). The Labute approximate surface area is 273 Å². The lowest BCUT2D eigenvalue weighted by atomic mass is 10.0. The van der Waals surface area contributed by atoms with Crippen LogP contribution in [0.3, 0.4) is 0 Å². The Morgan fingerprint density at radius 3 is 1.36 bits per heavy atom. The lowest BCUT2D eigenvalue weighted by molar-refractivity contribution is -0.145. The van der Waals surface area contributed by atoms with Crippen molar-refractivity contribution in [3.63, 3.8) is 0 Å². The average molecular weight is 641 g/mol. The summed E-state index contributed by atoms with van der Waals surface area (Å²) in [4.78, 5) is 11.5. The van der Waals surface area contributed by atoms with Gasteiger partial charge in [-0.05, 0) is 37.0 Å². The molecule has 0 fully saturated rings. The van der Waals surface area contributed by atoms with Crippen LogP contribution in [0.4, 0.5) is 0 Å². The van der Waals surface area contributed by atoms with Gasteiger partial charge in [0.2, 0.25) is 0 Å². The van der Waals surface area contributed by atoms with Crippen LogP contribution < -0.4 is 4.74 Å². The normalized spacial score (nSPS) is 11.2. The summed E-state index contributed by atoms with van der Waals surface area (Å²) in [5.74, 6) is 0.741. The molecule has 0 aromatic heterocycles. The molecule has 0 unspecified atom stereocenters. The van der Waals surface area contributed by atoms with E-state index in [0.717, 1.165) is 37.9 Å². The van der Waals surface area contributed by atoms with Gasteiger partial charge in [-0.15, -0.1) is 0 Å². The van der Waals surface area contributed by atoms with E-state index < -0.39 is 0 Å². The maximum Gasteiger partial charge on any atom is 0.305 e. The van der Waals surface area contributed by atoms with Gasteiger partial charge in [0.15, 0.2) is 0 Å². The quantitative estimate of drug-likeness (QED) is 0.0576. The van der Waals surface area contributed by atoms with E-state index in [2.05, 4.69) is 38.1 Å². The molecule has 0 N–H and O–H groups in total. The minimum Gasteiger partial charge on any atom is -0.491 e. The highest BCUT2D eigenvalue weighted by atomic mass is 16.6. The molecule has 0 bridgehead atoms. The van der Waals surface area contributed by atoms with Gasteiger partial charge in [-0.25, -0.2) is 0 Å². The van der Waals surface area contributed by atoms with E-state index in [1.54, 1.807) is 0 Å². The molecule has 0 heterocycles. The van der Waals surface area contributed by atoms with Crippen molar-refractivity contribution in [3.05, 3.63) is 29.8 Å². The molecule has 0 spiro atoms. The Bertz CT molecular complexity index is 745. The highest BCUT2D eigenvalue weighted by molar-refractivity contribution is 5.69. The number of aryl methyl sites for hydroxylation is 1. The fourth-order valence-corrected chi connectivity index (χ4v) is 4.44. The van der Waals surface area contributed by atoms with E-state index in [1.807, 2.05) is 0 Å². The second-order valence-electron chi connectivity index (χ2n) is 11.1. The fraction of sp³-hybridized carbons (Fsp3) is 0.806. The van der Waals surface area contributed by atoms with Crippen molar-refractivity contribution in [1.29, 1.82) is 0 Å². The Morgan fingerprint density at radius 2 is 0.867 bits per heavy atom. The van der Waals surface area contributed by atoms with E-state index in [0.29, 0.717) is 98.9 Å². The standard InChI is InChI=1S/C36H64O9/c1-3-5-7-9-10-11-12-14-34-16-18-35(19-17-34)44-32-30-42-28-26-40-24-22-38-20-21-39-23-25-41-27-29-43-31-33-45-36(37)15-13-8-6-4-2/h16-19H,3-15,20-33H2,1-2H3. The largest absolute Gasteiger partial charge is 0.491 e. The van der Waals surface area contributed by atoms with Crippen LogP contribution in [0.15, 0.2) is 24.3 Å². The summed E-state index contributed by atoms with van der Waals surface area (Å²) in [5, 5.41) is 0. The van der Waals surface area contributed by atoms with Gasteiger partial charge in [0.1, 0.15) is 19.0 Å². The predicted octanol–water partition coefficient (Wildman–Crippen LogP) is 6.97. The number of carbonyl (C=O) groups excluding carboxylic acids is 1. The summed E-state index contributed by atoms with van der Waals surface area (Å²) < 4.78 is 43.9. The van der Waals surface area contributed by atoms with Crippen LogP contribution in [-0.2, 0) is 44.4 Å². The second-order valence-corrected chi connectivity index (χ2v) is 11.1. The van der Waals surface area contributed by atoms with Crippen molar-refractivity contribution in [1.82, 2.24) is 0 Å². The highest BCUT2D eigenvalue weighted by Gasteiger charge is 2.02. The highest BCUT2D eigenvalue weighted by Crippen LogP contribution is 2.15. The first-order chi connectivity index (χ1) is 22.3. The molecule has 0 aliphatic heterocycles. The van der Waals surface area contributed by atoms with E-state index >= 15 is 0 Å². The number of rotatable bonds is 35. The first kappa shape index (κ1) is 41.3. The Morgan fingerprint density at radius 1 is 0.467 bits per heavy atom. The third-order valence-electron chi connectivity index (χ3n) is 7.07. The molecule has 1 aromatic rings. The van der Waals surface area contributed by atoms with E-state index in [1.165, 1.54) is 50.5 Å². The first-order valence-electron chi connectivity index (χ1n) is 17.6. The monoisotopic (exact) mass is 640 g/mol. The van der Waals surface area contributed by atoms with Gasteiger partial charge in [0.25, 0.3) is 0 Å². The van der Waals surface area contributed by atoms with E-state index in [4.69, 9.17) is 37.9 Å². The molecule has 0 amide bonds. The Kier molecular flexibility index (Phi) is 30.8. The second kappa shape index (κ2) is 33.6. The first-order valence-corrected chi connectivity index (χ1v) is 17.6. The van der Waals surface area contributed by atoms with E-state index in [9.17, 15) is 4.79 Å². The molecule has 9 heteroatoms. The lowest BCUT2D eigenvalue weighted by Crippen LogP contribution is -2.15. The van der Waals surface area contributed by atoms with Gasteiger partial charge in [-0.1, -0.05) is 83.8 Å². The zero-order valence-corrected chi connectivity index (χ0v) is 28.6. The van der Waals surface area contributed by atoms with E-state index in [-0.39, 0.29) is 5.97 Å². The van der Waals surface area contributed by atoms with Crippen molar-refractivity contribution >= 4 is 5.97 Å². The van der Waals surface area contributed by atoms with Crippen LogP contribution >= 0.6 is 0 Å². The Balaban J connectivity index is 1.74. The van der Waals surface area contributed by atoms with Gasteiger partial charge in [-0.3, -0.25) is 4.79 Å². The van der Waals surface area contributed by atoms with Gasteiger partial charge >= 0.3 is 5.97 Å². The van der Waals surface area contributed by atoms with Crippen molar-refractivity contribution < 1.29 is 42.7 Å². The fourth-order valence-electron chi connectivity index (χ4n) is 4.44. The predicted molar refractivity (Wildman–Crippen MR) is 178 cm³/mol. The topological polar surface area (TPSA) is 90.9 Å². The maximum atomic E-state index is 11.5. The van der Waals surface area contributed by atoms with Crippen molar-refractivity contribution in [2.75, 3.05) is 92.5 Å². The van der Waals surface area contributed by atoms with Crippen LogP contribution in [0.25, 0.3) is 0 Å². The number of hydrogen-bond donors (Lipinski definition) is 0. The molecule has 0 saturated carbocycles. The molecule has 0 saturated heterocycles. The summed E-state index contributed by atoms with van der Waals surface area (Å²) in [6, 6.07) is 8.45. The SMILES string of the molecule is CCCCCCCCCc1ccc(OCCOCCOCCOCCOCCOCCOCCOC(=O)CCCCCC)cc1. The number of unbranched alkanes of at least 4 members (excludes halogenated alkanes) is 9. The third-order valence-corrected chi connectivity index (χ3v) is 7.07. The maximum absolute atomic E-state index is 11.5. The summed E-state index contributed by atoms with van der Waals surface area (Å²) >= 11 is 0. The van der Waals surface area contributed by atoms with Crippen LogP contribution in [0, 0.1) is 0 Å². The number of benzene rings is 1. The summed E-state index contributed by atoms with van der Waals surface area (Å²) in [5.41, 5.74) is 1.38. The lowest BCUT2D eigenvalue weighted by Gasteiger charge is -2.09. The van der Waals surface area contributed by atoms with Gasteiger partial charge < -0.3 is 37.9 Å². The van der Waals surface area contributed by atoms with Crippen LogP contribution in [-0.4, -0.2) is 98.5 Å².